The lowest BCUT2D eigenvalue weighted by molar-refractivity contribution is 0.344. The fraction of sp³-hybridized carbons (Fsp3) is 0.429. The molecule has 1 aliphatic rings. The van der Waals surface area contributed by atoms with E-state index in [0.717, 1.165) is 0 Å². The molecule has 8 nitrogen and oxygen atoms in total. The number of rotatable bonds is 4. The molecule has 2 aromatic rings. The Hall–Kier alpha value is -1.30. The summed E-state index contributed by atoms with van der Waals surface area (Å²) in [6.07, 6.45) is 1.77. The highest BCUT2D eigenvalue weighted by atomic mass is 79.9. The van der Waals surface area contributed by atoms with Gasteiger partial charge in [-0.3, -0.25) is 0 Å². The third-order valence-corrected chi connectivity index (χ3v) is 9.36. The number of sulfone groups is 1. The summed E-state index contributed by atoms with van der Waals surface area (Å²) in [6.45, 7) is 0.289. The molecule has 11 heteroatoms. The molecule has 0 aliphatic carbocycles. The predicted molar refractivity (Wildman–Crippen MR) is 94.1 cm³/mol. The van der Waals surface area contributed by atoms with E-state index >= 15 is 0 Å². The molecule has 1 aromatic carbocycles. The van der Waals surface area contributed by atoms with Gasteiger partial charge in [0, 0.05) is 24.6 Å². The first-order chi connectivity index (χ1) is 11.7. The topological polar surface area (TPSA) is 102 Å². The Morgan fingerprint density at radius 3 is 2.32 bits per heavy atom. The molecule has 0 atom stereocenters. The molecule has 1 aromatic heterocycles. The Labute approximate surface area is 155 Å². The van der Waals surface area contributed by atoms with E-state index in [4.69, 9.17) is 0 Å². The maximum absolute atomic E-state index is 12.8. The molecule has 136 valence electrons. The minimum atomic E-state index is -3.67. The number of sulfonamides is 1. The molecule has 0 radical (unpaired) electrons. The lowest BCUT2D eigenvalue weighted by atomic mass is 10.2. The van der Waals surface area contributed by atoms with Gasteiger partial charge in [0.2, 0.25) is 25.0 Å². The molecular formula is C14H17BrN4O4S2. The van der Waals surface area contributed by atoms with Crippen LogP contribution in [0, 0.1) is 0 Å². The maximum atomic E-state index is 12.8. The van der Waals surface area contributed by atoms with Gasteiger partial charge in [-0.15, -0.1) is 10.2 Å². The molecule has 0 bridgehead atoms. The minimum absolute atomic E-state index is 0.0837. The standard InChI is InChI=1S/C14H17BrN4O4S2/c1-18-10-16-17-14(18)24(20,21)11-6-8-19(9-7-11)25(22,23)13-5-3-2-4-12(13)15/h2-5,10-11H,6-9H2,1H3. The van der Waals surface area contributed by atoms with Crippen LogP contribution in [0.15, 0.2) is 45.1 Å². The lowest BCUT2D eigenvalue weighted by Crippen LogP contribution is -2.42. The molecule has 2 heterocycles. The Morgan fingerprint density at radius 1 is 1.12 bits per heavy atom. The number of halogens is 1. The zero-order valence-corrected chi connectivity index (χ0v) is 16.6. The fourth-order valence-corrected chi connectivity index (χ4v) is 7.03. The molecule has 25 heavy (non-hydrogen) atoms. The average molecular weight is 449 g/mol. The van der Waals surface area contributed by atoms with Crippen molar-refractivity contribution < 1.29 is 16.8 Å². The van der Waals surface area contributed by atoms with Crippen molar-refractivity contribution >= 4 is 35.8 Å². The van der Waals surface area contributed by atoms with Gasteiger partial charge in [0.05, 0.1) is 10.1 Å². The van der Waals surface area contributed by atoms with E-state index in [-0.39, 0.29) is 36.0 Å². The monoisotopic (exact) mass is 448 g/mol. The first-order valence-electron chi connectivity index (χ1n) is 7.57. The van der Waals surface area contributed by atoms with Gasteiger partial charge in [0.1, 0.15) is 6.33 Å². The van der Waals surface area contributed by atoms with E-state index in [2.05, 4.69) is 26.1 Å². The SMILES string of the molecule is Cn1cnnc1S(=O)(=O)C1CCN(S(=O)(=O)c2ccccc2Br)CC1. The zero-order chi connectivity index (χ0) is 18.2. The third-order valence-electron chi connectivity index (χ3n) is 4.22. The van der Waals surface area contributed by atoms with Crippen molar-refractivity contribution in [2.24, 2.45) is 7.05 Å². The van der Waals surface area contributed by atoms with Crippen LogP contribution in [0.25, 0.3) is 0 Å². The quantitative estimate of drug-likeness (QED) is 0.695. The number of nitrogens with zero attached hydrogens (tertiary/aromatic N) is 4. The van der Waals surface area contributed by atoms with Crippen LogP contribution in [0.1, 0.15) is 12.8 Å². The van der Waals surface area contributed by atoms with E-state index in [0.29, 0.717) is 4.47 Å². The van der Waals surface area contributed by atoms with Crippen molar-refractivity contribution in [1.29, 1.82) is 0 Å². The summed E-state index contributed by atoms with van der Waals surface area (Å²) in [5.41, 5.74) is 0. The summed E-state index contributed by atoms with van der Waals surface area (Å²) in [7, 11) is -5.73. The fourth-order valence-electron chi connectivity index (χ4n) is 2.86. The second kappa shape index (κ2) is 6.78. The Kier molecular flexibility index (Phi) is 5.02. The Bertz CT molecular complexity index is 980. The van der Waals surface area contributed by atoms with E-state index in [9.17, 15) is 16.8 Å². The number of hydrogen-bond donors (Lipinski definition) is 0. The van der Waals surface area contributed by atoms with E-state index in [1.54, 1.807) is 25.2 Å². The summed E-state index contributed by atoms with van der Waals surface area (Å²) < 4.78 is 54.0. The van der Waals surface area contributed by atoms with Crippen LogP contribution in [0.5, 0.6) is 0 Å². The van der Waals surface area contributed by atoms with Gasteiger partial charge in [-0.1, -0.05) is 12.1 Å². The van der Waals surface area contributed by atoms with Crippen molar-refractivity contribution in [1.82, 2.24) is 19.1 Å². The largest absolute Gasteiger partial charge is 0.308 e. The number of aryl methyl sites for hydroxylation is 1. The smallest absolute Gasteiger partial charge is 0.249 e. The van der Waals surface area contributed by atoms with Crippen LogP contribution in [0.2, 0.25) is 0 Å². The van der Waals surface area contributed by atoms with E-state index in [1.165, 1.54) is 21.3 Å². The molecule has 0 N–H and O–H groups in total. The molecule has 0 saturated carbocycles. The van der Waals surface area contributed by atoms with Gasteiger partial charge < -0.3 is 4.57 Å². The molecule has 1 saturated heterocycles. The molecule has 1 aliphatic heterocycles. The normalized spacial score (nSPS) is 17.7. The molecular weight excluding hydrogens is 432 g/mol. The number of hydrogen-bond acceptors (Lipinski definition) is 6. The second-order valence-corrected chi connectivity index (χ2v) is 10.7. The molecule has 0 spiro atoms. The van der Waals surface area contributed by atoms with Crippen molar-refractivity contribution in [2.45, 2.75) is 28.1 Å². The summed E-state index contributed by atoms with van der Waals surface area (Å²) in [6, 6.07) is 6.59. The number of piperidine rings is 1. The van der Waals surface area contributed by atoms with Crippen LogP contribution in [-0.4, -0.2) is 54.2 Å². The Morgan fingerprint density at radius 2 is 1.76 bits per heavy atom. The third kappa shape index (κ3) is 3.37. The van der Waals surface area contributed by atoms with Crippen LogP contribution in [0.4, 0.5) is 0 Å². The maximum Gasteiger partial charge on any atom is 0.249 e. The van der Waals surface area contributed by atoms with Crippen LogP contribution in [0.3, 0.4) is 0 Å². The van der Waals surface area contributed by atoms with E-state index in [1.807, 2.05) is 0 Å². The minimum Gasteiger partial charge on any atom is -0.308 e. The average Bonchev–Trinajstić information content (AvgIpc) is 3.02. The van der Waals surface area contributed by atoms with Gasteiger partial charge in [-0.05, 0) is 40.9 Å². The first-order valence-corrected chi connectivity index (χ1v) is 11.3. The summed E-state index contributed by atoms with van der Waals surface area (Å²) in [4.78, 5) is 0.185. The molecule has 0 unspecified atom stereocenters. The Balaban J connectivity index is 1.79. The lowest BCUT2D eigenvalue weighted by Gasteiger charge is -2.30. The zero-order valence-electron chi connectivity index (χ0n) is 13.4. The molecule has 0 amide bonds. The summed E-state index contributed by atoms with van der Waals surface area (Å²) in [5.74, 6) is 0. The first kappa shape index (κ1) is 18.5. The highest BCUT2D eigenvalue weighted by Gasteiger charge is 2.38. The van der Waals surface area contributed by atoms with Crippen molar-refractivity contribution in [2.75, 3.05) is 13.1 Å². The summed E-state index contributed by atoms with van der Waals surface area (Å²) in [5, 5.41) is 6.54. The highest BCUT2D eigenvalue weighted by molar-refractivity contribution is 9.10. The van der Waals surface area contributed by atoms with Gasteiger partial charge in [-0.2, -0.15) is 4.31 Å². The van der Waals surface area contributed by atoms with Gasteiger partial charge in [0.15, 0.2) is 0 Å². The van der Waals surface area contributed by atoms with Crippen LogP contribution < -0.4 is 0 Å². The molecule has 1 fully saturated rings. The second-order valence-electron chi connectivity index (χ2n) is 5.80. The predicted octanol–water partition coefficient (Wildman–Crippen LogP) is 1.20. The molecule has 3 rings (SSSR count). The number of benzene rings is 1. The summed E-state index contributed by atoms with van der Waals surface area (Å²) >= 11 is 3.26. The highest BCUT2D eigenvalue weighted by Crippen LogP contribution is 2.29. The van der Waals surface area contributed by atoms with Gasteiger partial charge >= 0.3 is 0 Å². The van der Waals surface area contributed by atoms with Crippen molar-refractivity contribution in [3.8, 4) is 0 Å². The van der Waals surface area contributed by atoms with Gasteiger partial charge in [-0.25, -0.2) is 16.8 Å². The van der Waals surface area contributed by atoms with Crippen molar-refractivity contribution in [3.05, 3.63) is 35.1 Å². The number of aromatic nitrogens is 3. The van der Waals surface area contributed by atoms with Crippen LogP contribution >= 0.6 is 15.9 Å². The van der Waals surface area contributed by atoms with Crippen molar-refractivity contribution in [3.63, 3.8) is 0 Å². The van der Waals surface area contributed by atoms with Gasteiger partial charge in [0.25, 0.3) is 0 Å². The van der Waals surface area contributed by atoms with E-state index < -0.39 is 25.1 Å². The van der Waals surface area contributed by atoms with Crippen LogP contribution in [-0.2, 0) is 26.9 Å².